The van der Waals surface area contributed by atoms with Gasteiger partial charge >= 0.3 is 5.97 Å². The standard InChI is InChI=1S/C23H26N2O4/c1-16(26)29-21-12-6-10-19(14-21)22(27)24-15-17-7-5-11-20(13-17)25-23(28)18-8-3-2-4-9-18/h5-7,10-14,18H,2-4,8-9,15H2,1H3,(H,24,27)(H,25,28). The van der Waals surface area contributed by atoms with Gasteiger partial charge in [0.25, 0.3) is 5.91 Å². The van der Waals surface area contributed by atoms with Gasteiger partial charge in [-0.1, -0.05) is 37.5 Å². The van der Waals surface area contributed by atoms with E-state index in [1.165, 1.54) is 19.4 Å². The van der Waals surface area contributed by atoms with Crippen LogP contribution in [0.3, 0.4) is 0 Å². The first-order valence-electron chi connectivity index (χ1n) is 9.98. The summed E-state index contributed by atoms with van der Waals surface area (Å²) in [7, 11) is 0. The first-order chi connectivity index (χ1) is 14.0. The minimum Gasteiger partial charge on any atom is -0.427 e. The lowest BCUT2D eigenvalue weighted by atomic mass is 9.88. The molecule has 6 heteroatoms. The lowest BCUT2D eigenvalue weighted by Gasteiger charge is -2.20. The molecule has 2 N–H and O–H groups in total. The molecular formula is C23H26N2O4. The van der Waals surface area contributed by atoms with E-state index in [0.717, 1.165) is 36.9 Å². The van der Waals surface area contributed by atoms with Crippen LogP contribution < -0.4 is 15.4 Å². The number of hydrogen-bond donors (Lipinski definition) is 2. The molecule has 6 nitrogen and oxygen atoms in total. The molecule has 2 aromatic rings. The zero-order valence-electron chi connectivity index (χ0n) is 16.6. The number of anilines is 1. The van der Waals surface area contributed by atoms with E-state index in [1.807, 2.05) is 24.3 Å². The maximum absolute atomic E-state index is 12.4. The van der Waals surface area contributed by atoms with Crippen LogP contribution in [0.15, 0.2) is 48.5 Å². The number of hydrogen-bond acceptors (Lipinski definition) is 4. The van der Waals surface area contributed by atoms with Crippen LogP contribution in [0.1, 0.15) is 54.9 Å². The molecule has 0 atom stereocenters. The monoisotopic (exact) mass is 394 g/mol. The Bertz CT molecular complexity index is 888. The fourth-order valence-corrected chi connectivity index (χ4v) is 3.52. The van der Waals surface area contributed by atoms with Crippen molar-refractivity contribution in [3.8, 4) is 5.75 Å². The molecule has 1 saturated carbocycles. The fourth-order valence-electron chi connectivity index (χ4n) is 3.52. The van der Waals surface area contributed by atoms with Gasteiger partial charge in [-0.3, -0.25) is 14.4 Å². The number of nitrogens with one attached hydrogen (secondary N) is 2. The van der Waals surface area contributed by atoms with E-state index >= 15 is 0 Å². The van der Waals surface area contributed by atoms with Crippen molar-refractivity contribution in [3.05, 3.63) is 59.7 Å². The van der Waals surface area contributed by atoms with E-state index in [-0.39, 0.29) is 17.7 Å². The average molecular weight is 394 g/mol. The van der Waals surface area contributed by atoms with Gasteiger partial charge in [-0.2, -0.15) is 0 Å². The molecule has 0 radical (unpaired) electrons. The number of carbonyl (C=O) groups excluding carboxylic acids is 3. The van der Waals surface area contributed by atoms with Crippen LogP contribution in [0.5, 0.6) is 5.75 Å². The highest BCUT2D eigenvalue weighted by molar-refractivity contribution is 5.95. The number of esters is 1. The lowest BCUT2D eigenvalue weighted by Crippen LogP contribution is -2.25. The maximum atomic E-state index is 12.4. The van der Waals surface area contributed by atoms with Gasteiger partial charge < -0.3 is 15.4 Å². The summed E-state index contributed by atoms with van der Waals surface area (Å²) < 4.78 is 5.01. The van der Waals surface area contributed by atoms with Crippen molar-refractivity contribution in [1.82, 2.24) is 5.32 Å². The first-order valence-corrected chi connectivity index (χ1v) is 9.98. The quantitative estimate of drug-likeness (QED) is 0.572. The van der Waals surface area contributed by atoms with E-state index in [9.17, 15) is 14.4 Å². The predicted molar refractivity (Wildman–Crippen MR) is 111 cm³/mol. The molecule has 0 saturated heterocycles. The Morgan fingerprint density at radius 1 is 1.00 bits per heavy atom. The van der Waals surface area contributed by atoms with Crippen LogP contribution in [0, 0.1) is 5.92 Å². The molecule has 0 spiro atoms. The molecule has 29 heavy (non-hydrogen) atoms. The van der Waals surface area contributed by atoms with Gasteiger partial charge in [-0.15, -0.1) is 0 Å². The third-order valence-electron chi connectivity index (χ3n) is 4.98. The predicted octanol–water partition coefficient (Wildman–Crippen LogP) is 4.06. The van der Waals surface area contributed by atoms with E-state index in [0.29, 0.717) is 17.9 Å². The topological polar surface area (TPSA) is 84.5 Å². The van der Waals surface area contributed by atoms with Crippen molar-refractivity contribution in [2.24, 2.45) is 5.92 Å². The molecule has 2 amide bonds. The molecule has 1 aliphatic carbocycles. The molecule has 0 heterocycles. The second kappa shape index (κ2) is 9.87. The van der Waals surface area contributed by atoms with Crippen LogP contribution in [0.4, 0.5) is 5.69 Å². The highest BCUT2D eigenvalue weighted by Crippen LogP contribution is 2.25. The van der Waals surface area contributed by atoms with Gasteiger partial charge in [-0.05, 0) is 48.7 Å². The number of carbonyl (C=O) groups is 3. The van der Waals surface area contributed by atoms with Crippen LogP contribution in [0.25, 0.3) is 0 Å². The summed E-state index contributed by atoms with van der Waals surface area (Å²) in [6.07, 6.45) is 5.34. The smallest absolute Gasteiger partial charge is 0.308 e. The summed E-state index contributed by atoms with van der Waals surface area (Å²) in [5, 5.41) is 5.84. The average Bonchev–Trinajstić information content (AvgIpc) is 2.72. The summed E-state index contributed by atoms with van der Waals surface area (Å²) >= 11 is 0. The van der Waals surface area contributed by atoms with E-state index < -0.39 is 5.97 Å². The Hall–Kier alpha value is -3.15. The summed E-state index contributed by atoms with van der Waals surface area (Å²) in [6, 6.07) is 13.9. The van der Waals surface area contributed by atoms with Gasteiger partial charge in [0.2, 0.25) is 5.91 Å². The summed E-state index contributed by atoms with van der Waals surface area (Å²) in [6.45, 7) is 1.64. The second-order valence-electron chi connectivity index (χ2n) is 7.33. The van der Waals surface area contributed by atoms with Gasteiger partial charge in [0.05, 0.1) is 0 Å². The van der Waals surface area contributed by atoms with E-state index in [4.69, 9.17) is 4.74 Å². The maximum Gasteiger partial charge on any atom is 0.308 e. The second-order valence-corrected chi connectivity index (χ2v) is 7.33. The summed E-state index contributed by atoms with van der Waals surface area (Å²) in [5.41, 5.74) is 2.03. The van der Waals surface area contributed by atoms with Crippen LogP contribution >= 0.6 is 0 Å². The van der Waals surface area contributed by atoms with Crippen LogP contribution in [-0.4, -0.2) is 17.8 Å². The zero-order chi connectivity index (χ0) is 20.6. The largest absolute Gasteiger partial charge is 0.427 e. The van der Waals surface area contributed by atoms with Crippen molar-refractivity contribution in [2.75, 3.05) is 5.32 Å². The SMILES string of the molecule is CC(=O)Oc1cccc(C(=O)NCc2cccc(NC(=O)C3CCCCC3)c2)c1. The normalized spacial score (nSPS) is 14.1. The summed E-state index contributed by atoms with van der Waals surface area (Å²) in [5.74, 6) is -0.201. The summed E-state index contributed by atoms with van der Waals surface area (Å²) in [4.78, 5) is 35.9. The molecule has 1 aliphatic rings. The Morgan fingerprint density at radius 2 is 1.76 bits per heavy atom. The number of rotatable bonds is 6. The van der Waals surface area contributed by atoms with E-state index in [1.54, 1.807) is 18.2 Å². The minimum atomic E-state index is -0.436. The molecule has 0 aromatic heterocycles. The Labute approximate surface area is 170 Å². The molecule has 2 aromatic carbocycles. The van der Waals surface area contributed by atoms with Gasteiger partial charge in [0.15, 0.2) is 0 Å². The van der Waals surface area contributed by atoms with Gasteiger partial charge in [-0.25, -0.2) is 0 Å². The van der Waals surface area contributed by atoms with Crippen LogP contribution in [0.2, 0.25) is 0 Å². The van der Waals surface area contributed by atoms with Crippen molar-refractivity contribution < 1.29 is 19.1 Å². The van der Waals surface area contributed by atoms with Crippen molar-refractivity contribution in [2.45, 2.75) is 45.6 Å². The number of amides is 2. The highest BCUT2D eigenvalue weighted by atomic mass is 16.5. The molecule has 3 rings (SSSR count). The molecule has 0 aliphatic heterocycles. The molecule has 0 bridgehead atoms. The lowest BCUT2D eigenvalue weighted by molar-refractivity contribution is -0.131. The van der Waals surface area contributed by atoms with Crippen molar-refractivity contribution in [3.63, 3.8) is 0 Å². The van der Waals surface area contributed by atoms with Crippen molar-refractivity contribution >= 4 is 23.5 Å². The molecular weight excluding hydrogens is 368 g/mol. The Morgan fingerprint density at radius 3 is 2.52 bits per heavy atom. The third-order valence-corrected chi connectivity index (χ3v) is 4.98. The van der Waals surface area contributed by atoms with Crippen LogP contribution in [-0.2, 0) is 16.1 Å². The fraction of sp³-hybridized carbons (Fsp3) is 0.348. The van der Waals surface area contributed by atoms with Gasteiger partial charge in [0.1, 0.15) is 5.75 Å². The highest BCUT2D eigenvalue weighted by Gasteiger charge is 2.21. The zero-order valence-corrected chi connectivity index (χ0v) is 16.6. The first kappa shape index (κ1) is 20.6. The third kappa shape index (κ3) is 6.17. The molecule has 0 unspecified atom stereocenters. The van der Waals surface area contributed by atoms with Crippen molar-refractivity contribution in [1.29, 1.82) is 0 Å². The van der Waals surface area contributed by atoms with E-state index in [2.05, 4.69) is 10.6 Å². The molecule has 152 valence electrons. The number of ether oxygens (including phenoxy) is 1. The Balaban J connectivity index is 1.56. The minimum absolute atomic E-state index is 0.0770. The molecule has 1 fully saturated rings. The number of benzene rings is 2. The van der Waals surface area contributed by atoms with Gasteiger partial charge in [0, 0.05) is 30.6 Å². The Kier molecular flexibility index (Phi) is 7.00.